The lowest BCUT2D eigenvalue weighted by atomic mass is 10.0. The largest absolute Gasteiger partial charge is 0.497 e. The number of hydrogen-bond acceptors (Lipinski definition) is 3. The van der Waals surface area contributed by atoms with E-state index in [9.17, 15) is 0 Å². The van der Waals surface area contributed by atoms with Crippen LogP contribution in [0.15, 0.2) is 24.5 Å². The smallest absolute Gasteiger partial charge is 0.122 e. The first-order valence-electron chi connectivity index (χ1n) is 6.44. The van der Waals surface area contributed by atoms with Crippen LogP contribution >= 0.6 is 11.8 Å². The van der Waals surface area contributed by atoms with E-state index in [0.29, 0.717) is 0 Å². The number of aromatic nitrogens is 2. The second-order valence-corrected chi connectivity index (χ2v) is 5.97. The van der Waals surface area contributed by atoms with Gasteiger partial charge in [0.05, 0.1) is 18.8 Å². The minimum absolute atomic E-state index is 0.788. The van der Waals surface area contributed by atoms with Gasteiger partial charge < -0.3 is 9.14 Å². The first kappa shape index (κ1) is 11.9. The number of thioether (sulfide) groups is 1. The molecule has 0 radical (unpaired) electrons. The number of nitrogens with zero attached hydrogens (tertiary/aromatic N) is 2. The summed E-state index contributed by atoms with van der Waals surface area (Å²) in [7, 11) is 1.70. The second-order valence-electron chi connectivity index (χ2n) is 4.82. The van der Waals surface area contributed by atoms with Crippen LogP contribution < -0.4 is 4.74 Å². The van der Waals surface area contributed by atoms with Crippen LogP contribution in [0.1, 0.15) is 18.7 Å². The number of methoxy groups -OCH3 is 1. The van der Waals surface area contributed by atoms with E-state index >= 15 is 0 Å². The van der Waals surface area contributed by atoms with Crippen molar-refractivity contribution in [3.8, 4) is 5.75 Å². The maximum atomic E-state index is 5.24. The lowest BCUT2D eigenvalue weighted by Gasteiger charge is -2.20. The second kappa shape index (κ2) is 5.22. The summed E-state index contributed by atoms with van der Waals surface area (Å²) in [6, 6.07) is 4.03. The molecule has 96 valence electrons. The Morgan fingerprint density at radius 3 is 3.28 bits per heavy atom. The molecule has 0 bridgehead atoms. The number of pyridine rings is 1. The fourth-order valence-electron chi connectivity index (χ4n) is 2.54. The first-order valence-corrected chi connectivity index (χ1v) is 7.60. The van der Waals surface area contributed by atoms with Gasteiger partial charge in [-0.3, -0.25) is 0 Å². The maximum Gasteiger partial charge on any atom is 0.122 e. The van der Waals surface area contributed by atoms with E-state index < -0.39 is 0 Å². The number of rotatable bonds is 3. The minimum Gasteiger partial charge on any atom is -0.497 e. The Balaban J connectivity index is 1.83. The van der Waals surface area contributed by atoms with Crippen LogP contribution in [-0.4, -0.2) is 28.0 Å². The van der Waals surface area contributed by atoms with Crippen LogP contribution in [0, 0.1) is 5.92 Å². The summed E-state index contributed by atoms with van der Waals surface area (Å²) in [4.78, 5) is 4.56. The van der Waals surface area contributed by atoms with Gasteiger partial charge in [0.25, 0.3) is 0 Å². The Morgan fingerprint density at radius 1 is 1.56 bits per heavy atom. The van der Waals surface area contributed by atoms with Crippen molar-refractivity contribution in [1.29, 1.82) is 0 Å². The zero-order valence-electron chi connectivity index (χ0n) is 10.6. The van der Waals surface area contributed by atoms with Crippen molar-refractivity contribution in [3.63, 3.8) is 0 Å². The summed E-state index contributed by atoms with van der Waals surface area (Å²) < 4.78 is 7.42. The summed E-state index contributed by atoms with van der Waals surface area (Å²) in [5, 5.41) is 0. The molecular formula is C14H18N2OS. The van der Waals surface area contributed by atoms with Crippen LogP contribution in [0.2, 0.25) is 0 Å². The third-order valence-electron chi connectivity index (χ3n) is 3.54. The molecule has 2 aromatic heterocycles. The lowest BCUT2D eigenvalue weighted by Crippen LogP contribution is -2.14. The Kier molecular flexibility index (Phi) is 3.46. The van der Waals surface area contributed by atoms with Crippen molar-refractivity contribution in [2.24, 2.45) is 5.92 Å². The van der Waals surface area contributed by atoms with Crippen LogP contribution in [-0.2, 0) is 6.42 Å². The van der Waals surface area contributed by atoms with Crippen molar-refractivity contribution in [1.82, 2.24) is 9.38 Å². The third-order valence-corrected chi connectivity index (χ3v) is 4.83. The highest BCUT2D eigenvalue weighted by molar-refractivity contribution is 7.99. The van der Waals surface area contributed by atoms with Gasteiger partial charge in [-0.05, 0) is 36.3 Å². The van der Waals surface area contributed by atoms with E-state index in [1.54, 1.807) is 7.11 Å². The minimum atomic E-state index is 0.788. The van der Waals surface area contributed by atoms with E-state index in [2.05, 4.69) is 27.3 Å². The summed E-state index contributed by atoms with van der Waals surface area (Å²) in [5.74, 6) is 5.47. The molecule has 3 heterocycles. The van der Waals surface area contributed by atoms with Crippen molar-refractivity contribution < 1.29 is 4.74 Å². The molecular weight excluding hydrogens is 244 g/mol. The van der Waals surface area contributed by atoms with Gasteiger partial charge >= 0.3 is 0 Å². The number of imidazole rings is 1. The van der Waals surface area contributed by atoms with E-state index in [-0.39, 0.29) is 0 Å². The average Bonchev–Trinajstić information content (AvgIpc) is 2.82. The van der Waals surface area contributed by atoms with Gasteiger partial charge in [-0.1, -0.05) is 0 Å². The molecule has 0 aliphatic carbocycles. The summed E-state index contributed by atoms with van der Waals surface area (Å²) in [6.07, 6.45) is 7.79. The highest BCUT2D eigenvalue weighted by atomic mass is 32.2. The Morgan fingerprint density at radius 2 is 2.50 bits per heavy atom. The molecule has 0 spiro atoms. The predicted molar refractivity (Wildman–Crippen MR) is 75.5 cm³/mol. The number of hydrogen-bond donors (Lipinski definition) is 0. The molecule has 1 aliphatic rings. The molecule has 1 aliphatic heterocycles. The average molecular weight is 262 g/mol. The van der Waals surface area contributed by atoms with Crippen LogP contribution in [0.3, 0.4) is 0 Å². The SMILES string of the molecule is COc1ccn2c(CC3CCCSC3)ncc2c1. The molecule has 18 heavy (non-hydrogen) atoms. The van der Waals surface area contributed by atoms with Crippen LogP contribution in [0.5, 0.6) is 5.75 Å². The number of fused-ring (bicyclic) bond motifs is 1. The van der Waals surface area contributed by atoms with Gasteiger partial charge in [0.2, 0.25) is 0 Å². The van der Waals surface area contributed by atoms with Crippen molar-refractivity contribution >= 4 is 17.3 Å². The normalized spacial score (nSPS) is 20.2. The van der Waals surface area contributed by atoms with Gasteiger partial charge in [-0.25, -0.2) is 4.98 Å². The molecule has 1 fully saturated rings. The molecule has 0 aromatic carbocycles. The molecule has 1 atom stereocenters. The van der Waals surface area contributed by atoms with Gasteiger partial charge in [-0.15, -0.1) is 0 Å². The number of ether oxygens (including phenoxy) is 1. The monoisotopic (exact) mass is 262 g/mol. The van der Waals surface area contributed by atoms with Crippen molar-refractivity contribution in [3.05, 3.63) is 30.4 Å². The molecule has 4 heteroatoms. The highest BCUT2D eigenvalue weighted by Crippen LogP contribution is 2.26. The van der Waals surface area contributed by atoms with Gasteiger partial charge in [0.15, 0.2) is 0 Å². The molecule has 3 rings (SSSR count). The lowest BCUT2D eigenvalue weighted by molar-refractivity contribution is 0.414. The predicted octanol–water partition coefficient (Wildman–Crippen LogP) is 3.03. The topological polar surface area (TPSA) is 26.5 Å². The Hall–Kier alpha value is -1.16. The third kappa shape index (κ3) is 2.34. The fourth-order valence-corrected chi connectivity index (χ4v) is 3.69. The van der Waals surface area contributed by atoms with Gasteiger partial charge in [0.1, 0.15) is 11.6 Å². The Bertz CT molecular complexity index is 532. The summed E-state index contributed by atoms with van der Waals surface area (Å²) in [5.41, 5.74) is 1.12. The first-order chi connectivity index (χ1) is 8.86. The summed E-state index contributed by atoms with van der Waals surface area (Å²) in [6.45, 7) is 0. The van der Waals surface area contributed by atoms with E-state index in [1.165, 1.54) is 30.2 Å². The molecule has 3 nitrogen and oxygen atoms in total. The fraction of sp³-hybridized carbons (Fsp3) is 0.500. The van der Waals surface area contributed by atoms with Gasteiger partial charge in [0, 0.05) is 18.7 Å². The quantitative estimate of drug-likeness (QED) is 0.850. The molecule has 1 unspecified atom stereocenters. The standard InChI is InChI=1S/C14H18N2OS/c1-17-13-4-5-16-12(8-13)9-15-14(16)7-11-3-2-6-18-10-11/h4-5,8-9,11H,2-3,6-7,10H2,1H3. The molecule has 0 N–H and O–H groups in total. The summed E-state index contributed by atoms with van der Waals surface area (Å²) >= 11 is 2.08. The zero-order chi connectivity index (χ0) is 12.4. The van der Waals surface area contributed by atoms with Crippen LogP contribution in [0.4, 0.5) is 0 Å². The van der Waals surface area contributed by atoms with E-state index in [1.807, 2.05) is 18.3 Å². The highest BCUT2D eigenvalue weighted by Gasteiger charge is 2.16. The van der Waals surface area contributed by atoms with Gasteiger partial charge in [-0.2, -0.15) is 11.8 Å². The van der Waals surface area contributed by atoms with E-state index in [4.69, 9.17) is 4.74 Å². The van der Waals surface area contributed by atoms with Crippen molar-refractivity contribution in [2.75, 3.05) is 18.6 Å². The molecule has 0 amide bonds. The molecule has 0 saturated carbocycles. The molecule has 2 aromatic rings. The maximum absolute atomic E-state index is 5.24. The van der Waals surface area contributed by atoms with E-state index in [0.717, 1.165) is 23.6 Å². The Labute approximate surface area is 112 Å². The van der Waals surface area contributed by atoms with Crippen LogP contribution in [0.25, 0.3) is 5.52 Å². The molecule has 1 saturated heterocycles. The van der Waals surface area contributed by atoms with Crippen molar-refractivity contribution in [2.45, 2.75) is 19.3 Å². The zero-order valence-corrected chi connectivity index (χ0v) is 11.4.